The maximum atomic E-state index is 12.1. The minimum atomic E-state index is 0.206. The molecule has 0 radical (unpaired) electrons. The van der Waals surface area contributed by atoms with Crippen LogP contribution < -0.4 is 0 Å². The van der Waals surface area contributed by atoms with E-state index in [2.05, 4.69) is 30.1 Å². The van der Waals surface area contributed by atoms with Crippen LogP contribution in [0.25, 0.3) is 10.9 Å². The fourth-order valence-electron chi connectivity index (χ4n) is 2.67. The lowest BCUT2D eigenvalue weighted by Crippen LogP contribution is -2.29. The minimum Gasteiger partial charge on any atom is -0.342 e. The first-order valence-corrected chi connectivity index (χ1v) is 6.87. The van der Waals surface area contributed by atoms with Crippen molar-refractivity contribution in [3.05, 3.63) is 41.6 Å². The van der Waals surface area contributed by atoms with Gasteiger partial charge in [-0.05, 0) is 31.4 Å². The highest BCUT2D eigenvalue weighted by Crippen LogP contribution is 2.17. The van der Waals surface area contributed by atoms with Gasteiger partial charge in [-0.3, -0.25) is 9.78 Å². The van der Waals surface area contributed by atoms with E-state index in [1.807, 2.05) is 17.0 Å². The normalized spacial score (nSPS) is 15.1. The molecule has 1 aromatic carbocycles. The highest BCUT2D eigenvalue weighted by molar-refractivity contribution is 5.83. The molecule has 2 heterocycles. The van der Waals surface area contributed by atoms with Crippen LogP contribution in [0.4, 0.5) is 0 Å². The number of nitrogens with zero attached hydrogens (tertiary/aromatic N) is 2. The van der Waals surface area contributed by atoms with Crippen LogP contribution in [0.3, 0.4) is 0 Å². The molecule has 1 aliphatic rings. The molecule has 0 aliphatic carbocycles. The molecular formula is C16H18N2O. The van der Waals surface area contributed by atoms with Crippen molar-refractivity contribution >= 4 is 16.8 Å². The molecule has 0 bridgehead atoms. The zero-order chi connectivity index (χ0) is 13.2. The van der Waals surface area contributed by atoms with Crippen molar-refractivity contribution in [3.63, 3.8) is 0 Å². The van der Waals surface area contributed by atoms with Crippen LogP contribution in [0.1, 0.15) is 24.1 Å². The van der Waals surface area contributed by atoms with E-state index in [1.54, 1.807) is 0 Å². The van der Waals surface area contributed by atoms with Gasteiger partial charge < -0.3 is 4.90 Å². The van der Waals surface area contributed by atoms with Crippen LogP contribution >= 0.6 is 0 Å². The lowest BCUT2D eigenvalue weighted by Gasteiger charge is -2.15. The van der Waals surface area contributed by atoms with Gasteiger partial charge in [-0.25, -0.2) is 0 Å². The predicted octanol–water partition coefficient (Wildman–Crippen LogP) is 2.71. The van der Waals surface area contributed by atoms with Gasteiger partial charge in [0.25, 0.3) is 0 Å². The van der Waals surface area contributed by atoms with Crippen molar-refractivity contribution < 1.29 is 4.79 Å². The van der Waals surface area contributed by atoms with Crippen LogP contribution in [0.15, 0.2) is 30.3 Å². The summed E-state index contributed by atoms with van der Waals surface area (Å²) >= 11 is 0. The number of aromatic nitrogens is 1. The molecule has 0 saturated carbocycles. The van der Waals surface area contributed by atoms with Gasteiger partial charge in [0.05, 0.1) is 17.6 Å². The molecule has 3 rings (SSSR count). The van der Waals surface area contributed by atoms with Gasteiger partial charge in [0, 0.05) is 18.5 Å². The van der Waals surface area contributed by atoms with Gasteiger partial charge in [-0.1, -0.05) is 24.3 Å². The average molecular weight is 254 g/mol. The third kappa shape index (κ3) is 2.46. The Bertz CT molecular complexity index is 615. The van der Waals surface area contributed by atoms with E-state index in [9.17, 15) is 4.79 Å². The van der Waals surface area contributed by atoms with Gasteiger partial charge in [0.1, 0.15) is 0 Å². The van der Waals surface area contributed by atoms with Crippen molar-refractivity contribution in [1.82, 2.24) is 9.88 Å². The number of pyridine rings is 1. The summed E-state index contributed by atoms with van der Waals surface area (Å²) in [4.78, 5) is 18.7. The molecule has 1 amide bonds. The fraction of sp³-hybridized carbons (Fsp3) is 0.375. The second kappa shape index (κ2) is 5.00. The Balaban J connectivity index is 1.85. The number of rotatable bonds is 2. The zero-order valence-electron chi connectivity index (χ0n) is 11.2. The fourth-order valence-corrected chi connectivity index (χ4v) is 2.67. The maximum absolute atomic E-state index is 12.1. The molecule has 1 fully saturated rings. The molecule has 2 aromatic rings. The third-order valence-electron chi connectivity index (χ3n) is 3.77. The van der Waals surface area contributed by atoms with Crippen molar-refractivity contribution in [2.45, 2.75) is 26.2 Å². The standard InChI is InChI=1S/C16H18N2O/c1-12-5-4-6-13-7-8-14(17-16(12)13)11-15(19)18-9-2-3-10-18/h4-8H,2-3,9-11H2,1H3. The molecular weight excluding hydrogens is 236 g/mol. The number of aryl methyl sites for hydroxylation is 1. The van der Waals surface area contributed by atoms with Crippen molar-refractivity contribution in [1.29, 1.82) is 0 Å². The third-order valence-corrected chi connectivity index (χ3v) is 3.77. The number of fused-ring (bicyclic) bond motifs is 1. The summed E-state index contributed by atoms with van der Waals surface area (Å²) in [5, 5.41) is 1.14. The molecule has 1 saturated heterocycles. The largest absolute Gasteiger partial charge is 0.342 e. The van der Waals surface area contributed by atoms with E-state index >= 15 is 0 Å². The van der Waals surface area contributed by atoms with E-state index in [4.69, 9.17) is 0 Å². The molecule has 19 heavy (non-hydrogen) atoms. The molecule has 0 spiro atoms. The van der Waals surface area contributed by atoms with Gasteiger partial charge in [-0.15, -0.1) is 0 Å². The Kier molecular flexibility index (Phi) is 3.20. The Labute approximate surface area is 113 Å². The molecule has 0 N–H and O–H groups in total. The summed E-state index contributed by atoms with van der Waals surface area (Å²) < 4.78 is 0. The molecule has 3 heteroatoms. The molecule has 98 valence electrons. The van der Waals surface area contributed by atoms with E-state index < -0.39 is 0 Å². The number of hydrogen-bond donors (Lipinski definition) is 0. The molecule has 0 atom stereocenters. The highest BCUT2D eigenvalue weighted by atomic mass is 16.2. The lowest BCUT2D eigenvalue weighted by atomic mass is 10.1. The summed E-state index contributed by atoms with van der Waals surface area (Å²) in [5.74, 6) is 0.206. The smallest absolute Gasteiger partial charge is 0.228 e. The summed E-state index contributed by atoms with van der Waals surface area (Å²) in [6, 6.07) is 10.2. The van der Waals surface area contributed by atoms with Gasteiger partial charge in [0.15, 0.2) is 0 Å². The van der Waals surface area contributed by atoms with Crippen LogP contribution in [-0.2, 0) is 11.2 Å². The number of likely N-dealkylation sites (tertiary alicyclic amines) is 1. The number of carbonyl (C=O) groups excluding carboxylic acids is 1. The first-order valence-electron chi connectivity index (χ1n) is 6.87. The average Bonchev–Trinajstić information content (AvgIpc) is 2.94. The second-order valence-corrected chi connectivity index (χ2v) is 5.21. The van der Waals surface area contributed by atoms with E-state index in [0.29, 0.717) is 6.42 Å². The second-order valence-electron chi connectivity index (χ2n) is 5.21. The summed E-state index contributed by atoms with van der Waals surface area (Å²) in [5.41, 5.74) is 3.04. The summed E-state index contributed by atoms with van der Waals surface area (Å²) in [6.45, 7) is 3.87. The quantitative estimate of drug-likeness (QED) is 0.825. The van der Waals surface area contributed by atoms with E-state index in [1.165, 1.54) is 0 Å². The predicted molar refractivity (Wildman–Crippen MR) is 76.0 cm³/mol. The van der Waals surface area contributed by atoms with Gasteiger partial charge in [-0.2, -0.15) is 0 Å². The number of para-hydroxylation sites is 1. The SMILES string of the molecule is Cc1cccc2ccc(CC(=O)N3CCCC3)nc12. The monoisotopic (exact) mass is 254 g/mol. The van der Waals surface area contributed by atoms with Gasteiger partial charge >= 0.3 is 0 Å². The van der Waals surface area contributed by atoms with Crippen molar-refractivity contribution in [2.75, 3.05) is 13.1 Å². The molecule has 1 aliphatic heterocycles. The summed E-state index contributed by atoms with van der Waals surface area (Å²) in [7, 11) is 0. The lowest BCUT2D eigenvalue weighted by molar-refractivity contribution is -0.129. The number of hydrogen-bond acceptors (Lipinski definition) is 2. The first kappa shape index (κ1) is 12.2. The van der Waals surface area contributed by atoms with E-state index in [0.717, 1.165) is 48.1 Å². The van der Waals surface area contributed by atoms with Crippen molar-refractivity contribution in [3.8, 4) is 0 Å². The highest BCUT2D eigenvalue weighted by Gasteiger charge is 2.18. The Morgan fingerprint density at radius 3 is 2.79 bits per heavy atom. The van der Waals surface area contributed by atoms with Crippen LogP contribution in [-0.4, -0.2) is 28.9 Å². The number of benzene rings is 1. The Hall–Kier alpha value is -1.90. The van der Waals surface area contributed by atoms with Gasteiger partial charge in [0.2, 0.25) is 5.91 Å². The van der Waals surface area contributed by atoms with Crippen molar-refractivity contribution in [2.24, 2.45) is 0 Å². The van der Waals surface area contributed by atoms with Crippen LogP contribution in [0.2, 0.25) is 0 Å². The zero-order valence-corrected chi connectivity index (χ0v) is 11.2. The molecule has 1 aromatic heterocycles. The first-order chi connectivity index (χ1) is 9.24. The topological polar surface area (TPSA) is 33.2 Å². The number of amides is 1. The van der Waals surface area contributed by atoms with Crippen LogP contribution in [0, 0.1) is 6.92 Å². The maximum Gasteiger partial charge on any atom is 0.228 e. The Morgan fingerprint density at radius 2 is 2.00 bits per heavy atom. The minimum absolute atomic E-state index is 0.206. The van der Waals surface area contributed by atoms with E-state index in [-0.39, 0.29) is 5.91 Å². The summed E-state index contributed by atoms with van der Waals surface area (Å²) in [6.07, 6.45) is 2.69. The molecule has 3 nitrogen and oxygen atoms in total. The van der Waals surface area contributed by atoms with Crippen LogP contribution in [0.5, 0.6) is 0 Å². The molecule has 0 unspecified atom stereocenters. The Morgan fingerprint density at radius 1 is 1.21 bits per heavy atom. The number of carbonyl (C=O) groups is 1.